The number of nitrogens with two attached hydrogens (primary N) is 1. The Morgan fingerprint density at radius 3 is 2.91 bits per heavy atom. The van der Waals surface area contributed by atoms with Crippen molar-refractivity contribution in [2.75, 3.05) is 5.73 Å². The van der Waals surface area contributed by atoms with Gasteiger partial charge in [-0.1, -0.05) is 19.8 Å². The molecule has 23 heavy (non-hydrogen) atoms. The van der Waals surface area contributed by atoms with Crippen molar-refractivity contribution < 1.29 is 5.11 Å². The van der Waals surface area contributed by atoms with Crippen LogP contribution in [0.15, 0.2) is 17.2 Å². The Kier molecular flexibility index (Phi) is 4.12. The summed E-state index contributed by atoms with van der Waals surface area (Å²) in [7, 11) is 0. The lowest BCUT2D eigenvalue weighted by molar-refractivity contribution is 0.173. The molecular formula is C16H23N5O2. The summed E-state index contributed by atoms with van der Waals surface area (Å²) in [4.78, 5) is 17.1. The van der Waals surface area contributed by atoms with Gasteiger partial charge in [-0.15, -0.1) is 0 Å². The molecule has 3 aromatic rings. The normalized spacial score (nSPS) is 13.2. The lowest BCUT2D eigenvalue weighted by Gasteiger charge is -2.04. The van der Waals surface area contributed by atoms with E-state index in [2.05, 4.69) is 17.0 Å². The second-order valence-electron chi connectivity index (χ2n) is 6.09. The predicted octanol–water partition coefficient (Wildman–Crippen LogP) is 1.83. The largest absolute Gasteiger partial charge is 0.397 e. The number of anilines is 1. The molecule has 0 spiro atoms. The van der Waals surface area contributed by atoms with Crippen molar-refractivity contribution in [2.45, 2.75) is 52.3 Å². The third-order valence-electron chi connectivity index (χ3n) is 4.10. The molecule has 0 aliphatic carbocycles. The summed E-state index contributed by atoms with van der Waals surface area (Å²) in [6.07, 6.45) is 6.24. The van der Waals surface area contributed by atoms with Gasteiger partial charge < -0.3 is 20.5 Å². The van der Waals surface area contributed by atoms with Gasteiger partial charge in [-0.2, -0.15) is 0 Å². The molecule has 7 heteroatoms. The van der Waals surface area contributed by atoms with Gasteiger partial charge in [0, 0.05) is 18.9 Å². The van der Waals surface area contributed by atoms with Crippen molar-refractivity contribution in [3.63, 3.8) is 0 Å². The average Bonchev–Trinajstić information content (AvgIpc) is 3.02. The highest BCUT2D eigenvalue weighted by molar-refractivity contribution is 6.05. The van der Waals surface area contributed by atoms with Crippen LogP contribution >= 0.6 is 0 Å². The Labute approximate surface area is 133 Å². The lowest BCUT2D eigenvalue weighted by Crippen LogP contribution is -2.21. The van der Waals surface area contributed by atoms with Crippen LogP contribution in [-0.4, -0.2) is 30.5 Å². The van der Waals surface area contributed by atoms with E-state index in [0.717, 1.165) is 36.8 Å². The SMILES string of the molecule is CCCCCn1[nH]cc2c(N)c3c(=O)n(CC(C)O)cc3nc21. The molecule has 7 nitrogen and oxygen atoms in total. The Hall–Kier alpha value is -2.28. The van der Waals surface area contributed by atoms with E-state index in [0.29, 0.717) is 16.6 Å². The van der Waals surface area contributed by atoms with Crippen molar-refractivity contribution >= 4 is 27.6 Å². The maximum Gasteiger partial charge on any atom is 0.262 e. The first-order valence-electron chi connectivity index (χ1n) is 8.07. The second-order valence-corrected chi connectivity index (χ2v) is 6.09. The monoisotopic (exact) mass is 317 g/mol. The summed E-state index contributed by atoms with van der Waals surface area (Å²) < 4.78 is 3.44. The molecule has 0 amide bonds. The zero-order valence-electron chi connectivity index (χ0n) is 13.5. The molecule has 0 aromatic carbocycles. The Bertz CT molecular complexity index is 887. The fraction of sp³-hybridized carbons (Fsp3) is 0.500. The molecule has 4 N–H and O–H groups in total. The molecule has 0 radical (unpaired) electrons. The Morgan fingerprint density at radius 1 is 1.43 bits per heavy atom. The van der Waals surface area contributed by atoms with Gasteiger partial charge >= 0.3 is 0 Å². The van der Waals surface area contributed by atoms with Crippen molar-refractivity contribution in [1.82, 2.24) is 19.3 Å². The van der Waals surface area contributed by atoms with E-state index in [9.17, 15) is 9.90 Å². The number of aromatic nitrogens is 4. The highest BCUT2D eigenvalue weighted by Gasteiger charge is 2.17. The quantitative estimate of drug-likeness (QED) is 0.604. The summed E-state index contributed by atoms with van der Waals surface area (Å²) in [5, 5.41) is 13.9. The van der Waals surface area contributed by atoms with Crippen molar-refractivity contribution in [3.8, 4) is 0 Å². The van der Waals surface area contributed by atoms with Crippen LogP contribution in [0.1, 0.15) is 33.1 Å². The summed E-state index contributed by atoms with van der Waals surface area (Å²) in [6, 6.07) is 0. The zero-order chi connectivity index (χ0) is 16.6. The van der Waals surface area contributed by atoms with Crippen LogP contribution in [-0.2, 0) is 13.1 Å². The van der Waals surface area contributed by atoms with Crippen molar-refractivity contribution in [2.24, 2.45) is 0 Å². The molecule has 3 rings (SSSR count). The summed E-state index contributed by atoms with van der Waals surface area (Å²) in [5.41, 5.74) is 7.80. The molecule has 3 heterocycles. The molecule has 124 valence electrons. The van der Waals surface area contributed by atoms with Gasteiger partial charge in [0.05, 0.1) is 34.6 Å². The number of unbranched alkanes of at least 4 members (excludes halogenated alkanes) is 2. The van der Waals surface area contributed by atoms with E-state index >= 15 is 0 Å². The molecular weight excluding hydrogens is 294 g/mol. The third-order valence-corrected chi connectivity index (χ3v) is 4.10. The summed E-state index contributed by atoms with van der Waals surface area (Å²) >= 11 is 0. The Morgan fingerprint density at radius 2 is 2.22 bits per heavy atom. The van der Waals surface area contributed by atoms with Crippen molar-refractivity contribution in [3.05, 3.63) is 22.7 Å². The van der Waals surface area contributed by atoms with E-state index in [4.69, 9.17) is 5.73 Å². The van der Waals surface area contributed by atoms with Gasteiger partial charge in [0.1, 0.15) is 0 Å². The van der Waals surface area contributed by atoms with Gasteiger partial charge in [-0.25, -0.2) is 4.98 Å². The van der Waals surface area contributed by atoms with Gasteiger partial charge in [0.15, 0.2) is 5.65 Å². The van der Waals surface area contributed by atoms with Crippen LogP contribution in [0.3, 0.4) is 0 Å². The minimum atomic E-state index is -0.601. The van der Waals surface area contributed by atoms with Crippen LogP contribution in [0, 0.1) is 0 Å². The minimum Gasteiger partial charge on any atom is -0.397 e. The van der Waals surface area contributed by atoms with Gasteiger partial charge in [0.25, 0.3) is 5.56 Å². The van der Waals surface area contributed by atoms with E-state index in [1.807, 2.05) is 4.68 Å². The second kappa shape index (κ2) is 6.08. The number of hydrogen-bond acceptors (Lipinski definition) is 4. The van der Waals surface area contributed by atoms with Crippen LogP contribution in [0.25, 0.3) is 21.9 Å². The number of nitrogens with one attached hydrogen (secondary N) is 1. The minimum absolute atomic E-state index is 0.202. The smallest absolute Gasteiger partial charge is 0.262 e. The highest BCUT2D eigenvalue weighted by Crippen LogP contribution is 2.26. The number of rotatable bonds is 6. The lowest BCUT2D eigenvalue weighted by atomic mass is 10.2. The number of nitrogen functional groups attached to an aromatic ring is 1. The molecule has 0 bridgehead atoms. The van der Waals surface area contributed by atoms with Gasteiger partial charge in [-0.3, -0.25) is 9.48 Å². The number of fused-ring (bicyclic) bond motifs is 2. The fourth-order valence-corrected chi connectivity index (χ4v) is 2.95. The van der Waals surface area contributed by atoms with Crippen LogP contribution in [0.2, 0.25) is 0 Å². The number of H-pyrrole nitrogens is 1. The third kappa shape index (κ3) is 2.72. The van der Waals surface area contributed by atoms with Crippen LogP contribution in [0.4, 0.5) is 5.69 Å². The van der Waals surface area contributed by atoms with E-state index in [1.54, 1.807) is 19.3 Å². The van der Waals surface area contributed by atoms with Gasteiger partial charge in [-0.05, 0) is 13.3 Å². The maximum absolute atomic E-state index is 12.5. The van der Waals surface area contributed by atoms with Crippen molar-refractivity contribution in [1.29, 1.82) is 0 Å². The molecule has 0 aliphatic heterocycles. The zero-order valence-corrected chi connectivity index (χ0v) is 13.5. The molecule has 0 saturated heterocycles. The molecule has 0 aliphatic rings. The number of aliphatic hydroxyl groups is 1. The topological polar surface area (TPSA) is 102 Å². The van der Waals surface area contributed by atoms with E-state index in [1.165, 1.54) is 4.57 Å². The molecule has 1 unspecified atom stereocenters. The summed E-state index contributed by atoms with van der Waals surface area (Å²) in [6.45, 7) is 4.89. The first-order chi connectivity index (χ1) is 11.0. The number of aliphatic hydroxyl groups excluding tert-OH is 1. The highest BCUT2D eigenvalue weighted by atomic mass is 16.3. The fourth-order valence-electron chi connectivity index (χ4n) is 2.95. The molecule has 0 fully saturated rings. The molecule has 0 saturated carbocycles. The Balaban J connectivity index is 2.12. The summed E-state index contributed by atoms with van der Waals surface area (Å²) in [5.74, 6) is 0. The standard InChI is InChI=1S/C16H23N5O2/c1-3-4-5-6-21-15-11(7-18-21)14(17)13-12(19-15)9-20(16(13)23)8-10(2)22/h7,9-10,18,22H,3-6,8,17H2,1-2H3. The average molecular weight is 317 g/mol. The molecule has 3 aromatic heterocycles. The number of hydrogen-bond donors (Lipinski definition) is 3. The van der Waals surface area contributed by atoms with Crippen LogP contribution < -0.4 is 11.3 Å². The first kappa shape index (κ1) is 15.6. The predicted molar refractivity (Wildman–Crippen MR) is 91.5 cm³/mol. The number of aryl methyl sites for hydroxylation is 1. The van der Waals surface area contributed by atoms with E-state index in [-0.39, 0.29) is 12.1 Å². The van der Waals surface area contributed by atoms with Gasteiger partial charge in [0.2, 0.25) is 0 Å². The maximum atomic E-state index is 12.5. The molecule has 1 atom stereocenters. The van der Waals surface area contributed by atoms with E-state index < -0.39 is 6.10 Å². The first-order valence-corrected chi connectivity index (χ1v) is 8.07. The number of aromatic amines is 1. The number of pyridine rings is 1. The van der Waals surface area contributed by atoms with Crippen LogP contribution in [0.5, 0.6) is 0 Å². The number of nitrogens with zero attached hydrogens (tertiary/aromatic N) is 3.